The first kappa shape index (κ1) is 21.5. The van der Waals surface area contributed by atoms with Crippen LogP contribution in [-0.2, 0) is 4.79 Å². The number of H-pyrrole nitrogens is 1. The molecule has 0 aliphatic heterocycles. The fourth-order valence-electron chi connectivity index (χ4n) is 3.28. The molecule has 33 heavy (non-hydrogen) atoms. The average molecular weight is 436 g/mol. The summed E-state index contributed by atoms with van der Waals surface area (Å²) in [5.74, 6) is 0.279. The quantitative estimate of drug-likeness (QED) is 0.438. The number of carbonyl (C=O) groups excluding carboxylic acids is 1. The maximum atomic E-state index is 12.5. The Morgan fingerprint density at radius 2 is 1.88 bits per heavy atom. The van der Waals surface area contributed by atoms with Crippen LogP contribution in [0.4, 0.5) is 5.69 Å². The van der Waals surface area contributed by atoms with E-state index in [4.69, 9.17) is 4.74 Å². The first-order chi connectivity index (χ1) is 16.0. The highest BCUT2D eigenvalue weighted by Gasteiger charge is 2.11. The van der Waals surface area contributed by atoms with E-state index < -0.39 is 0 Å². The number of allylic oxidation sites excluding steroid dienone is 1. The molecule has 0 bridgehead atoms. The number of nitrogens with zero attached hydrogens (tertiary/aromatic N) is 2. The molecule has 0 saturated carbocycles. The molecule has 7 nitrogen and oxygen atoms in total. The summed E-state index contributed by atoms with van der Waals surface area (Å²) in [5, 5.41) is 13.0. The van der Waals surface area contributed by atoms with E-state index in [1.165, 1.54) is 0 Å². The molecule has 4 rings (SSSR count). The van der Waals surface area contributed by atoms with Gasteiger partial charge in [0.25, 0.3) is 11.5 Å². The number of para-hydroxylation sites is 2. The maximum absolute atomic E-state index is 12.5. The van der Waals surface area contributed by atoms with Crippen molar-refractivity contribution in [1.29, 1.82) is 5.26 Å². The Labute approximate surface area is 190 Å². The van der Waals surface area contributed by atoms with E-state index in [-0.39, 0.29) is 29.5 Å². The standard InChI is InChI=1S/C26H20N4O3/c1-17-11-12-21-22(13-17)29-25(30-26(21)32)19(15-27)14-18-7-5-6-10-23(18)33-16-24(31)28-20-8-3-2-4-9-20/h2-14H,16H2,1H3,(H,28,31)(H,29,30,32). The summed E-state index contributed by atoms with van der Waals surface area (Å²) in [6, 6.07) is 23.5. The van der Waals surface area contributed by atoms with Gasteiger partial charge in [0.15, 0.2) is 12.4 Å². The monoisotopic (exact) mass is 436 g/mol. The van der Waals surface area contributed by atoms with Crippen LogP contribution in [0.25, 0.3) is 22.6 Å². The second kappa shape index (κ2) is 9.62. The summed E-state index contributed by atoms with van der Waals surface area (Å²) >= 11 is 0. The lowest BCUT2D eigenvalue weighted by Gasteiger charge is -2.10. The first-order valence-corrected chi connectivity index (χ1v) is 10.2. The molecule has 0 atom stereocenters. The topological polar surface area (TPSA) is 108 Å². The number of anilines is 1. The van der Waals surface area contributed by atoms with Gasteiger partial charge < -0.3 is 15.0 Å². The van der Waals surface area contributed by atoms with E-state index in [2.05, 4.69) is 21.4 Å². The molecule has 7 heteroatoms. The number of benzene rings is 3. The van der Waals surface area contributed by atoms with Crippen LogP contribution in [0.3, 0.4) is 0 Å². The Morgan fingerprint density at radius 3 is 2.67 bits per heavy atom. The molecule has 0 saturated heterocycles. The highest BCUT2D eigenvalue weighted by Crippen LogP contribution is 2.24. The van der Waals surface area contributed by atoms with Crippen LogP contribution in [0.2, 0.25) is 0 Å². The predicted molar refractivity (Wildman–Crippen MR) is 128 cm³/mol. The molecule has 0 radical (unpaired) electrons. The van der Waals surface area contributed by atoms with E-state index >= 15 is 0 Å². The van der Waals surface area contributed by atoms with Crippen LogP contribution in [0.1, 0.15) is 17.0 Å². The summed E-state index contributed by atoms with van der Waals surface area (Å²) in [7, 11) is 0. The van der Waals surface area contributed by atoms with Gasteiger partial charge in [-0.15, -0.1) is 0 Å². The molecule has 0 aliphatic carbocycles. The van der Waals surface area contributed by atoms with E-state index in [9.17, 15) is 14.9 Å². The number of fused-ring (bicyclic) bond motifs is 1. The minimum atomic E-state index is -0.321. The van der Waals surface area contributed by atoms with Crippen molar-refractivity contribution < 1.29 is 9.53 Å². The summed E-state index contributed by atoms with van der Waals surface area (Å²) < 4.78 is 5.70. The smallest absolute Gasteiger partial charge is 0.262 e. The van der Waals surface area contributed by atoms with E-state index in [1.54, 1.807) is 54.6 Å². The van der Waals surface area contributed by atoms with Crippen LogP contribution in [-0.4, -0.2) is 22.5 Å². The van der Waals surface area contributed by atoms with Crippen LogP contribution in [0.15, 0.2) is 77.6 Å². The molecule has 4 aromatic rings. The number of aromatic nitrogens is 2. The first-order valence-electron chi connectivity index (χ1n) is 10.2. The number of hydrogen-bond donors (Lipinski definition) is 2. The van der Waals surface area contributed by atoms with Gasteiger partial charge in [-0.1, -0.05) is 42.5 Å². The van der Waals surface area contributed by atoms with Crippen molar-refractivity contribution in [1.82, 2.24) is 9.97 Å². The van der Waals surface area contributed by atoms with Crippen LogP contribution < -0.4 is 15.6 Å². The summed E-state index contributed by atoms with van der Waals surface area (Å²) in [6.07, 6.45) is 1.57. The number of rotatable bonds is 6. The van der Waals surface area contributed by atoms with Crippen molar-refractivity contribution >= 4 is 34.1 Å². The lowest BCUT2D eigenvalue weighted by Crippen LogP contribution is -2.20. The predicted octanol–water partition coefficient (Wildman–Crippen LogP) is 4.31. The largest absolute Gasteiger partial charge is 0.483 e. The lowest BCUT2D eigenvalue weighted by atomic mass is 10.1. The molecule has 3 aromatic carbocycles. The maximum Gasteiger partial charge on any atom is 0.262 e. The number of nitrogens with one attached hydrogen (secondary N) is 2. The molecule has 0 aliphatic rings. The van der Waals surface area contributed by atoms with Crippen molar-refractivity contribution in [2.75, 3.05) is 11.9 Å². The van der Waals surface area contributed by atoms with Gasteiger partial charge in [0.1, 0.15) is 11.8 Å². The highest BCUT2D eigenvalue weighted by atomic mass is 16.5. The fraction of sp³-hybridized carbons (Fsp3) is 0.0769. The third-order valence-corrected chi connectivity index (χ3v) is 4.87. The zero-order valence-electron chi connectivity index (χ0n) is 17.8. The number of amides is 1. The average Bonchev–Trinajstić information content (AvgIpc) is 2.82. The van der Waals surface area contributed by atoms with Crippen molar-refractivity contribution in [3.63, 3.8) is 0 Å². The molecule has 2 N–H and O–H groups in total. The number of ether oxygens (including phenoxy) is 1. The van der Waals surface area contributed by atoms with E-state index in [0.717, 1.165) is 5.56 Å². The third-order valence-electron chi connectivity index (χ3n) is 4.87. The molecular weight excluding hydrogens is 416 g/mol. The van der Waals surface area contributed by atoms with Crippen molar-refractivity contribution in [2.24, 2.45) is 0 Å². The summed E-state index contributed by atoms with van der Waals surface area (Å²) in [5.41, 5.74) is 2.57. The van der Waals surface area contributed by atoms with Crippen molar-refractivity contribution in [3.05, 3.63) is 100 Å². The molecule has 1 amide bonds. The van der Waals surface area contributed by atoms with Gasteiger partial charge in [-0.25, -0.2) is 4.98 Å². The second-order valence-corrected chi connectivity index (χ2v) is 7.35. The number of aryl methyl sites for hydroxylation is 1. The molecule has 1 heterocycles. The van der Waals surface area contributed by atoms with Gasteiger partial charge in [0.05, 0.1) is 16.5 Å². The SMILES string of the molecule is Cc1ccc2c(=O)[nH]c(C(C#N)=Cc3ccccc3OCC(=O)Nc3ccccc3)nc2c1. The molecule has 162 valence electrons. The zero-order chi connectivity index (χ0) is 23.2. The Balaban J connectivity index is 1.59. The lowest BCUT2D eigenvalue weighted by molar-refractivity contribution is -0.118. The van der Waals surface area contributed by atoms with Gasteiger partial charge in [-0.2, -0.15) is 5.26 Å². The van der Waals surface area contributed by atoms with Gasteiger partial charge in [0.2, 0.25) is 0 Å². The summed E-state index contributed by atoms with van der Waals surface area (Å²) in [4.78, 5) is 31.8. The number of carbonyl (C=O) groups is 1. The van der Waals surface area contributed by atoms with Gasteiger partial charge in [0, 0.05) is 11.3 Å². The zero-order valence-corrected chi connectivity index (χ0v) is 17.8. The molecular formula is C26H20N4O3. The molecule has 0 unspecified atom stereocenters. The minimum Gasteiger partial charge on any atom is -0.483 e. The Bertz CT molecular complexity index is 1450. The van der Waals surface area contributed by atoms with Gasteiger partial charge in [-0.05, 0) is 48.9 Å². The Kier molecular flexibility index (Phi) is 6.28. The fourth-order valence-corrected chi connectivity index (χ4v) is 3.28. The van der Waals surface area contributed by atoms with Gasteiger partial charge >= 0.3 is 0 Å². The highest BCUT2D eigenvalue weighted by molar-refractivity contribution is 5.92. The van der Waals surface area contributed by atoms with E-state index in [1.807, 2.05) is 31.2 Å². The minimum absolute atomic E-state index is 0.164. The molecule has 0 fully saturated rings. The molecule has 0 spiro atoms. The Hall–Kier alpha value is -4.70. The van der Waals surface area contributed by atoms with Crippen molar-refractivity contribution in [2.45, 2.75) is 6.92 Å². The van der Waals surface area contributed by atoms with Crippen LogP contribution in [0, 0.1) is 18.3 Å². The second-order valence-electron chi connectivity index (χ2n) is 7.35. The normalized spacial score (nSPS) is 11.1. The third kappa shape index (κ3) is 5.14. The number of aromatic amines is 1. The van der Waals surface area contributed by atoms with Gasteiger partial charge in [-0.3, -0.25) is 9.59 Å². The van der Waals surface area contributed by atoms with Crippen molar-refractivity contribution in [3.8, 4) is 11.8 Å². The number of nitriles is 1. The number of hydrogen-bond acceptors (Lipinski definition) is 5. The molecule has 1 aromatic heterocycles. The summed E-state index contributed by atoms with van der Waals surface area (Å²) in [6.45, 7) is 1.70. The van der Waals surface area contributed by atoms with Crippen LogP contribution >= 0.6 is 0 Å². The Morgan fingerprint density at radius 1 is 1.12 bits per heavy atom. The van der Waals surface area contributed by atoms with E-state index in [0.29, 0.717) is 27.9 Å². The van der Waals surface area contributed by atoms with Crippen LogP contribution in [0.5, 0.6) is 5.75 Å².